The van der Waals surface area contributed by atoms with Crippen molar-refractivity contribution in [3.63, 3.8) is 0 Å². The molecule has 0 bridgehead atoms. The Kier molecular flexibility index (Phi) is 5.29. The Bertz CT molecular complexity index is 1020. The van der Waals surface area contributed by atoms with Crippen LogP contribution in [0.4, 0.5) is 0 Å². The molecule has 0 unspecified atom stereocenters. The molecule has 0 aliphatic rings. The molecule has 0 spiro atoms. The van der Waals surface area contributed by atoms with Gasteiger partial charge in [-0.3, -0.25) is 9.48 Å². The standard InChI is InChI=1S/C22H21N5O/c28-21(24-12-11-19-13-23-16-25-19)15-27-22(18-9-5-2-6-10-18)20(14-26-27)17-7-3-1-4-8-17/h1-10,13-14,16H,11-12,15H2,(H,23,25)(H,24,28). The molecule has 2 N–H and O–H groups in total. The van der Waals surface area contributed by atoms with Crippen LogP contribution in [0, 0.1) is 0 Å². The van der Waals surface area contributed by atoms with Crippen LogP contribution in [-0.2, 0) is 17.8 Å². The predicted octanol–water partition coefficient (Wildman–Crippen LogP) is 3.30. The molecule has 6 nitrogen and oxygen atoms in total. The van der Waals surface area contributed by atoms with Crippen LogP contribution >= 0.6 is 0 Å². The predicted molar refractivity (Wildman–Crippen MR) is 108 cm³/mol. The summed E-state index contributed by atoms with van der Waals surface area (Å²) < 4.78 is 1.77. The first-order valence-electron chi connectivity index (χ1n) is 9.22. The number of carbonyl (C=O) groups is 1. The van der Waals surface area contributed by atoms with Gasteiger partial charge in [0.2, 0.25) is 5.91 Å². The fraction of sp³-hybridized carbons (Fsp3) is 0.136. The van der Waals surface area contributed by atoms with Crippen molar-refractivity contribution < 1.29 is 4.79 Å². The van der Waals surface area contributed by atoms with Crippen molar-refractivity contribution >= 4 is 5.91 Å². The Morgan fingerprint density at radius 2 is 1.71 bits per heavy atom. The van der Waals surface area contributed by atoms with Crippen LogP contribution in [0.1, 0.15) is 5.69 Å². The lowest BCUT2D eigenvalue weighted by Gasteiger charge is -2.11. The smallest absolute Gasteiger partial charge is 0.241 e. The van der Waals surface area contributed by atoms with Gasteiger partial charge in [0.1, 0.15) is 6.54 Å². The van der Waals surface area contributed by atoms with Gasteiger partial charge in [-0.15, -0.1) is 0 Å². The zero-order chi connectivity index (χ0) is 19.2. The summed E-state index contributed by atoms with van der Waals surface area (Å²) in [5.74, 6) is -0.0737. The van der Waals surface area contributed by atoms with E-state index in [1.807, 2.05) is 60.9 Å². The normalized spacial score (nSPS) is 10.7. The molecule has 0 saturated heterocycles. The summed E-state index contributed by atoms with van der Waals surface area (Å²) in [4.78, 5) is 19.5. The number of carbonyl (C=O) groups excluding carboxylic acids is 1. The van der Waals surface area contributed by atoms with Gasteiger partial charge in [0.15, 0.2) is 0 Å². The molecule has 2 aromatic heterocycles. The highest BCUT2D eigenvalue weighted by atomic mass is 16.2. The van der Waals surface area contributed by atoms with Crippen molar-refractivity contribution in [2.75, 3.05) is 6.54 Å². The minimum Gasteiger partial charge on any atom is -0.354 e. The monoisotopic (exact) mass is 371 g/mol. The molecule has 0 aliphatic carbocycles. The molecule has 4 aromatic rings. The first-order valence-corrected chi connectivity index (χ1v) is 9.22. The second-order valence-electron chi connectivity index (χ2n) is 6.46. The summed E-state index contributed by atoms with van der Waals surface area (Å²) in [6.45, 7) is 0.703. The number of benzene rings is 2. The number of H-pyrrole nitrogens is 1. The van der Waals surface area contributed by atoms with Gasteiger partial charge in [-0.25, -0.2) is 4.98 Å². The summed E-state index contributed by atoms with van der Waals surface area (Å²) in [6.07, 6.45) is 5.99. The van der Waals surface area contributed by atoms with Gasteiger partial charge in [-0.1, -0.05) is 60.7 Å². The van der Waals surface area contributed by atoms with Crippen molar-refractivity contribution in [2.45, 2.75) is 13.0 Å². The van der Waals surface area contributed by atoms with E-state index in [-0.39, 0.29) is 12.5 Å². The summed E-state index contributed by atoms with van der Waals surface area (Å²) in [5, 5.41) is 7.45. The number of hydrogen-bond donors (Lipinski definition) is 2. The average molecular weight is 371 g/mol. The van der Waals surface area contributed by atoms with Crippen LogP contribution in [0.15, 0.2) is 79.4 Å². The molecule has 6 heteroatoms. The minimum absolute atomic E-state index is 0.0737. The van der Waals surface area contributed by atoms with Crippen molar-refractivity contribution in [1.29, 1.82) is 0 Å². The van der Waals surface area contributed by atoms with Crippen LogP contribution in [0.3, 0.4) is 0 Å². The number of nitrogens with one attached hydrogen (secondary N) is 2. The molecule has 0 fully saturated rings. The molecule has 0 aliphatic heterocycles. The molecule has 140 valence electrons. The van der Waals surface area contributed by atoms with Crippen LogP contribution in [0.2, 0.25) is 0 Å². The van der Waals surface area contributed by atoms with Crippen LogP contribution in [-0.4, -0.2) is 32.2 Å². The van der Waals surface area contributed by atoms with Gasteiger partial charge in [0.05, 0.1) is 23.9 Å². The molecular weight excluding hydrogens is 350 g/mol. The van der Waals surface area contributed by atoms with E-state index < -0.39 is 0 Å². The van der Waals surface area contributed by atoms with E-state index in [0.717, 1.165) is 28.1 Å². The first-order chi connectivity index (χ1) is 13.8. The van der Waals surface area contributed by atoms with Crippen LogP contribution in [0.25, 0.3) is 22.4 Å². The quantitative estimate of drug-likeness (QED) is 0.523. The topological polar surface area (TPSA) is 75.6 Å². The number of amides is 1. The molecule has 0 atom stereocenters. The lowest BCUT2D eigenvalue weighted by atomic mass is 10.0. The molecular formula is C22H21N5O. The third kappa shape index (κ3) is 4.01. The number of hydrogen-bond acceptors (Lipinski definition) is 3. The summed E-state index contributed by atoms with van der Waals surface area (Å²) >= 11 is 0. The Morgan fingerprint density at radius 1 is 1.00 bits per heavy atom. The van der Waals surface area contributed by atoms with Crippen LogP contribution < -0.4 is 5.32 Å². The van der Waals surface area contributed by atoms with E-state index >= 15 is 0 Å². The third-order valence-corrected chi connectivity index (χ3v) is 4.52. The average Bonchev–Trinajstić information content (AvgIpc) is 3.39. The van der Waals surface area contributed by atoms with Crippen molar-refractivity contribution in [3.8, 4) is 22.4 Å². The third-order valence-electron chi connectivity index (χ3n) is 4.52. The number of aromatic amines is 1. The second-order valence-corrected chi connectivity index (χ2v) is 6.46. The van der Waals surface area contributed by atoms with Crippen molar-refractivity contribution in [1.82, 2.24) is 25.1 Å². The van der Waals surface area contributed by atoms with Gasteiger partial charge < -0.3 is 10.3 Å². The highest BCUT2D eigenvalue weighted by molar-refractivity contribution is 5.83. The van der Waals surface area contributed by atoms with Gasteiger partial charge >= 0.3 is 0 Å². The largest absolute Gasteiger partial charge is 0.354 e. The van der Waals surface area contributed by atoms with Gasteiger partial charge in [0.25, 0.3) is 0 Å². The molecule has 2 aromatic carbocycles. The first kappa shape index (κ1) is 17.7. The van der Waals surface area contributed by atoms with E-state index in [1.165, 1.54) is 0 Å². The highest BCUT2D eigenvalue weighted by Crippen LogP contribution is 2.31. The Morgan fingerprint density at radius 3 is 2.39 bits per heavy atom. The number of nitrogens with zero attached hydrogens (tertiary/aromatic N) is 3. The SMILES string of the molecule is O=C(Cn1ncc(-c2ccccc2)c1-c1ccccc1)NCCc1c[nH]cn1. The second kappa shape index (κ2) is 8.35. The lowest BCUT2D eigenvalue weighted by molar-refractivity contribution is -0.121. The van der Waals surface area contributed by atoms with E-state index in [1.54, 1.807) is 11.0 Å². The van der Waals surface area contributed by atoms with Gasteiger partial charge in [0, 0.05) is 30.3 Å². The van der Waals surface area contributed by atoms with E-state index in [4.69, 9.17) is 0 Å². The highest BCUT2D eigenvalue weighted by Gasteiger charge is 2.16. The summed E-state index contributed by atoms with van der Waals surface area (Å²) in [7, 11) is 0. The minimum atomic E-state index is -0.0737. The Hall–Kier alpha value is -3.67. The number of aromatic nitrogens is 4. The maximum absolute atomic E-state index is 12.5. The fourth-order valence-corrected chi connectivity index (χ4v) is 3.18. The van der Waals surface area contributed by atoms with Gasteiger partial charge in [-0.05, 0) is 5.56 Å². The maximum atomic E-state index is 12.5. The van der Waals surface area contributed by atoms with Crippen LogP contribution in [0.5, 0.6) is 0 Å². The molecule has 2 heterocycles. The fourth-order valence-electron chi connectivity index (χ4n) is 3.18. The van der Waals surface area contributed by atoms with Crippen molar-refractivity contribution in [2.24, 2.45) is 0 Å². The maximum Gasteiger partial charge on any atom is 0.241 e. The molecule has 1 amide bonds. The summed E-state index contributed by atoms with van der Waals surface area (Å²) in [6, 6.07) is 20.1. The molecule has 0 radical (unpaired) electrons. The zero-order valence-corrected chi connectivity index (χ0v) is 15.4. The number of imidazole rings is 1. The van der Waals surface area contributed by atoms with E-state index in [9.17, 15) is 4.79 Å². The molecule has 28 heavy (non-hydrogen) atoms. The van der Waals surface area contributed by atoms with Gasteiger partial charge in [-0.2, -0.15) is 5.10 Å². The zero-order valence-electron chi connectivity index (χ0n) is 15.4. The summed E-state index contributed by atoms with van der Waals surface area (Å²) in [5.41, 5.74) is 4.98. The number of rotatable bonds is 7. The van der Waals surface area contributed by atoms with E-state index in [2.05, 4.69) is 32.5 Å². The van der Waals surface area contributed by atoms with Crippen molar-refractivity contribution in [3.05, 3.63) is 85.1 Å². The van der Waals surface area contributed by atoms with E-state index in [0.29, 0.717) is 13.0 Å². The lowest BCUT2D eigenvalue weighted by Crippen LogP contribution is -2.30. The Labute approximate surface area is 163 Å². The molecule has 0 saturated carbocycles. The molecule has 4 rings (SSSR count). The Balaban J connectivity index is 1.55.